The lowest BCUT2D eigenvalue weighted by atomic mass is 9.82. The molecule has 118 valence electrons. The average molecular weight is 302 g/mol. The summed E-state index contributed by atoms with van der Waals surface area (Å²) in [6.07, 6.45) is -1.43. The number of hydrogen-bond donors (Lipinski definition) is 1. The summed E-state index contributed by atoms with van der Waals surface area (Å²) in [6, 6.07) is 1.04. The van der Waals surface area contributed by atoms with Crippen LogP contribution in [0.2, 0.25) is 0 Å². The fourth-order valence-corrected chi connectivity index (χ4v) is 2.81. The minimum atomic E-state index is -4.46. The van der Waals surface area contributed by atoms with Gasteiger partial charge in [0.1, 0.15) is 5.82 Å². The zero-order valence-electron chi connectivity index (χ0n) is 12.6. The molecule has 0 bridgehead atoms. The third kappa shape index (κ3) is 3.22. The molecule has 0 spiro atoms. The smallest absolute Gasteiger partial charge is 0.357 e. The van der Waals surface area contributed by atoms with Crippen molar-refractivity contribution in [2.45, 2.75) is 39.3 Å². The summed E-state index contributed by atoms with van der Waals surface area (Å²) in [7, 11) is 1.52. The standard InChI is InChI=1S/C14H21F3N4/c1-4-13(5-2)6-7-21(9-13)11-8-10(14(15,16)17)19-12(18-3)20-11/h8H,4-7,9H2,1-3H3,(H,18,19,20). The van der Waals surface area contributed by atoms with Gasteiger partial charge in [0.15, 0.2) is 5.69 Å². The van der Waals surface area contributed by atoms with Crippen LogP contribution in [0, 0.1) is 5.41 Å². The van der Waals surface area contributed by atoms with Crippen LogP contribution in [0.15, 0.2) is 6.07 Å². The van der Waals surface area contributed by atoms with Crippen molar-refractivity contribution in [3.8, 4) is 0 Å². The zero-order chi connectivity index (χ0) is 15.7. The van der Waals surface area contributed by atoms with Crippen molar-refractivity contribution in [2.75, 3.05) is 30.4 Å². The van der Waals surface area contributed by atoms with Crippen LogP contribution in [0.1, 0.15) is 38.8 Å². The van der Waals surface area contributed by atoms with Gasteiger partial charge in [-0.05, 0) is 24.7 Å². The van der Waals surface area contributed by atoms with E-state index in [1.165, 1.54) is 7.05 Å². The maximum Gasteiger partial charge on any atom is 0.433 e. The van der Waals surface area contributed by atoms with Crippen molar-refractivity contribution in [1.82, 2.24) is 9.97 Å². The molecule has 1 aromatic heterocycles. The maximum atomic E-state index is 12.9. The number of hydrogen-bond acceptors (Lipinski definition) is 4. The fraction of sp³-hybridized carbons (Fsp3) is 0.714. The molecular weight excluding hydrogens is 281 g/mol. The Hall–Kier alpha value is -1.53. The van der Waals surface area contributed by atoms with Crippen LogP contribution in [-0.2, 0) is 6.18 Å². The Kier molecular flexibility index (Phi) is 4.30. The van der Waals surface area contributed by atoms with Crippen molar-refractivity contribution < 1.29 is 13.2 Å². The number of aromatic nitrogens is 2. The Labute approximate surface area is 122 Å². The molecular formula is C14H21F3N4. The summed E-state index contributed by atoms with van der Waals surface area (Å²) in [5.74, 6) is 0.357. The monoisotopic (exact) mass is 302 g/mol. The average Bonchev–Trinajstić information content (AvgIpc) is 2.91. The molecule has 1 N–H and O–H groups in total. The molecule has 0 saturated carbocycles. The molecule has 1 aliphatic heterocycles. The first kappa shape index (κ1) is 15.9. The van der Waals surface area contributed by atoms with Crippen molar-refractivity contribution in [1.29, 1.82) is 0 Å². The summed E-state index contributed by atoms with van der Waals surface area (Å²) >= 11 is 0. The molecule has 0 unspecified atom stereocenters. The highest BCUT2D eigenvalue weighted by Crippen LogP contribution is 2.39. The second kappa shape index (κ2) is 5.69. The Balaban J connectivity index is 2.32. The lowest BCUT2D eigenvalue weighted by Gasteiger charge is -2.27. The van der Waals surface area contributed by atoms with Crippen LogP contribution in [0.25, 0.3) is 0 Å². The number of rotatable bonds is 4. The minimum Gasteiger partial charge on any atom is -0.357 e. The second-order valence-electron chi connectivity index (χ2n) is 5.56. The predicted octanol–water partition coefficient (Wildman–Crippen LogP) is 3.55. The molecule has 2 rings (SSSR count). The third-order valence-electron chi connectivity index (χ3n) is 4.49. The van der Waals surface area contributed by atoms with Gasteiger partial charge in [-0.3, -0.25) is 0 Å². The first-order valence-corrected chi connectivity index (χ1v) is 7.22. The van der Waals surface area contributed by atoms with E-state index in [9.17, 15) is 13.2 Å². The fourth-order valence-electron chi connectivity index (χ4n) is 2.81. The van der Waals surface area contributed by atoms with Crippen LogP contribution in [0.4, 0.5) is 24.9 Å². The summed E-state index contributed by atoms with van der Waals surface area (Å²) in [5, 5.41) is 2.60. The highest BCUT2D eigenvalue weighted by Gasteiger charge is 2.38. The van der Waals surface area contributed by atoms with E-state index >= 15 is 0 Å². The van der Waals surface area contributed by atoms with Crippen LogP contribution in [0.3, 0.4) is 0 Å². The van der Waals surface area contributed by atoms with Crippen LogP contribution >= 0.6 is 0 Å². The number of nitrogens with zero attached hydrogens (tertiary/aromatic N) is 3. The molecule has 0 atom stereocenters. The summed E-state index contributed by atoms with van der Waals surface area (Å²) in [6.45, 7) is 5.75. The lowest BCUT2D eigenvalue weighted by Crippen LogP contribution is -2.27. The SMILES string of the molecule is CCC1(CC)CCN(c2cc(C(F)(F)F)nc(NC)n2)C1. The van der Waals surface area contributed by atoms with Crippen molar-refractivity contribution in [2.24, 2.45) is 5.41 Å². The summed E-state index contributed by atoms with van der Waals surface area (Å²) < 4.78 is 38.8. The molecule has 1 aromatic rings. The Bertz CT molecular complexity index is 497. The number of halogens is 3. The van der Waals surface area contributed by atoms with Gasteiger partial charge < -0.3 is 10.2 Å². The van der Waals surface area contributed by atoms with E-state index in [2.05, 4.69) is 29.1 Å². The van der Waals surface area contributed by atoms with Gasteiger partial charge in [0.25, 0.3) is 0 Å². The zero-order valence-corrected chi connectivity index (χ0v) is 12.6. The number of alkyl halides is 3. The molecule has 0 aliphatic carbocycles. The molecule has 1 fully saturated rings. The van der Waals surface area contributed by atoms with Gasteiger partial charge in [0.05, 0.1) is 0 Å². The van der Waals surface area contributed by atoms with Crippen LogP contribution in [0.5, 0.6) is 0 Å². The molecule has 0 amide bonds. The van der Waals surface area contributed by atoms with Crippen LogP contribution in [-0.4, -0.2) is 30.1 Å². The second-order valence-corrected chi connectivity index (χ2v) is 5.56. The Morgan fingerprint density at radius 2 is 1.95 bits per heavy atom. The van der Waals surface area contributed by atoms with Gasteiger partial charge >= 0.3 is 6.18 Å². The van der Waals surface area contributed by atoms with E-state index in [4.69, 9.17) is 0 Å². The summed E-state index contributed by atoms with van der Waals surface area (Å²) in [4.78, 5) is 9.62. The van der Waals surface area contributed by atoms with E-state index in [0.717, 1.165) is 38.4 Å². The number of anilines is 2. The Morgan fingerprint density at radius 1 is 1.29 bits per heavy atom. The third-order valence-corrected chi connectivity index (χ3v) is 4.49. The molecule has 0 aromatic carbocycles. The normalized spacial score (nSPS) is 18.1. The molecule has 4 nitrogen and oxygen atoms in total. The van der Waals surface area contributed by atoms with Gasteiger partial charge in [0, 0.05) is 26.2 Å². The van der Waals surface area contributed by atoms with Crippen molar-refractivity contribution in [3.05, 3.63) is 11.8 Å². The first-order valence-electron chi connectivity index (χ1n) is 7.22. The van der Waals surface area contributed by atoms with E-state index in [-0.39, 0.29) is 11.4 Å². The number of nitrogens with one attached hydrogen (secondary N) is 1. The molecule has 21 heavy (non-hydrogen) atoms. The van der Waals surface area contributed by atoms with E-state index < -0.39 is 11.9 Å². The topological polar surface area (TPSA) is 41.1 Å². The van der Waals surface area contributed by atoms with Crippen molar-refractivity contribution >= 4 is 11.8 Å². The Morgan fingerprint density at radius 3 is 2.43 bits per heavy atom. The molecule has 7 heteroatoms. The minimum absolute atomic E-state index is 0.00493. The van der Waals surface area contributed by atoms with Gasteiger partial charge in [0.2, 0.25) is 5.95 Å². The molecule has 1 aliphatic rings. The van der Waals surface area contributed by atoms with E-state index in [0.29, 0.717) is 5.82 Å². The maximum absolute atomic E-state index is 12.9. The van der Waals surface area contributed by atoms with Crippen LogP contribution < -0.4 is 10.2 Å². The van der Waals surface area contributed by atoms with Gasteiger partial charge in [-0.1, -0.05) is 13.8 Å². The van der Waals surface area contributed by atoms with Gasteiger partial charge in [-0.25, -0.2) is 4.98 Å². The van der Waals surface area contributed by atoms with E-state index in [1.54, 1.807) is 0 Å². The van der Waals surface area contributed by atoms with E-state index in [1.807, 2.05) is 4.90 Å². The predicted molar refractivity (Wildman–Crippen MR) is 76.4 cm³/mol. The highest BCUT2D eigenvalue weighted by atomic mass is 19.4. The largest absolute Gasteiger partial charge is 0.433 e. The quantitative estimate of drug-likeness (QED) is 0.923. The molecule has 1 saturated heterocycles. The summed E-state index contributed by atoms with van der Waals surface area (Å²) in [5.41, 5.74) is -0.717. The molecule has 0 radical (unpaired) electrons. The first-order chi connectivity index (χ1) is 9.83. The lowest BCUT2D eigenvalue weighted by molar-refractivity contribution is -0.141. The van der Waals surface area contributed by atoms with Gasteiger partial charge in [-0.2, -0.15) is 18.2 Å². The highest BCUT2D eigenvalue weighted by molar-refractivity contribution is 5.46. The van der Waals surface area contributed by atoms with Gasteiger partial charge in [-0.15, -0.1) is 0 Å². The van der Waals surface area contributed by atoms with Crippen molar-refractivity contribution in [3.63, 3.8) is 0 Å². The molecule has 2 heterocycles.